The molecule has 0 unspecified atom stereocenters. The summed E-state index contributed by atoms with van der Waals surface area (Å²) in [5.74, 6) is 2.11. The second-order valence-corrected chi connectivity index (χ2v) is 8.86. The Kier molecular flexibility index (Phi) is 6.94. The monoisotopic (exact) mass is 522 g/mol. The number of rotatable bonds is 8. The van der Waals surface area contributed by atoms with Crippen molar-refractivity contribution in [3.63, 3.8) is 0 Å². The Bertz CT molecular complexity index is 1530. The van der Waals surface area contributed by atoms with Crippen LogP contribution in [0.1, 0.15) is 11.5 Å². The molecule has 12 nitrogen and oxygen atoms in total. The molecule has 0 spiro atoms. The zero-order valence-corrected chi connectivity index (χ0v) is 20.5. The van der Waals surface area contributed by atoms with Crippen molar-refractivity contribution < 1.29 is 19.0 Å². The van der Waals surface area contributed by atoms with Crippen LogP contribution >= 0.6 is 11.8 Å². The summed E-state index contributed by atoms with van der Waals surface area (Å²) in [5.41, 5.74) is 0.527. The highest BCUT2D eigenvalue weighted by Gasteiger charge is 2.18. The van der Waals surface area contributed by atoms with E-state index in [1.54, 1.807) is 42.0 Å². The molecule has 1 aliphatic rings. The van der Waals surface area contributed by atoms with Gasteiger partial charge in [0, 0.05) is 36.0 Å². The van der Waals surface area contributed by atoms with E-state index in [1.165, 1.54) is 17.8 Å². The second-order valence-electron chi connectivity index (χ2n) is 7.92. The number of amides is 1. The number of hydrogen-bond donors (Lipinski definition) is 3. The molecule has 190 valence electrons. The molecule has 3 heterocycles. The Morgan fingerprint density at radius 1 is 1.08 bits per heavy atom. The zero-order valence-electron chi connectivity index (χ0n) is 19.6. The second kappa shape index (κ2) is 10.6. The molecule has 2 aromatic carbocycles. The van der Waals surface area contributed by atoms with Crippen molar-refractivity contribution in [3.05, 3.63) is 80.9 Å². The Morgan fingerprint density at radius 2 is 1.92 bits per heavy atom. The smallest absolute Gasteiger partial charge is 0.325 e. The lowest BCUT2D eigenvalue weighted by Crippen LogP contribution is -2.23. The van der Waals surface area contributed by atoms with E-state index in [9.17, 15) is 14.4 Å². The maximum Gasteiger partial charge on any atom is 0.325 e. The first-order valence-corrected chi connectivity index (χ1v) is 12.2. The van der Waals surface area contributed by atoms with Gasteiger partial charge in [0.25, 0.3) is 5.56 Å². The molecule has 0 bridgehead atoms. The maximum absolute atomic E-state index is 12.7. The quantitative estimate of drug-likeness (QED) is 0.294. The molecule has 2 aromatic heterocycles. The van der Waals surface area contributed by atoms with E-state index in [0.29, 0.717) is 58.5 Å². The molecule has 1 aliphatic heterocycles. The number of nitrogens with zero attached hydrogens (tertiary/aromatic N) is 3. The van der Waals surface area contributed by atoms with E-state index in [1.807, 2.05) is 12.1 Å². The van der Waals surface area contributed by atoms with Crippen LogP contribution in [0.25, 0.3) is 5.69 Å². The van der Waals surface area contributed by atoms with E-state index < -0.39 is 11.2 Å². The van der Waals surface area contributed by atoms with Crippen LogP contribution in [0.4, 0.5) is 5.69 Å². The van der Waals surface area contributed by atoms with Crippen molar-refractivity contribution in [3.8, 4) is 22.9 Å². The van der Waals surface area contributed by atoms with Gasteiger partial charge in [0.2, 0.25) is 5.91 Å². The molecule has 37 heavy (non-hydrogen) atoms. The molecule has 3 N–H and O–H groups in total. The topological polar surface area (TPSA) is 153 Å². The third kappa shape index (κ3) is 5.67. The number of methoxy groups -OCH3 is 1. The fourth-order valence-corrected chi connectivity index (χ4v) is 4.52. The molecule has 0 fully saturated rings. The molecular weight excluding hydrogens is 500 g/mol. The summed E-state index contributed by atoms with van der Waals surface area (Å²) < 4.78 is 18.2. The largest absolute Gasteiger partial charge is 0.497 e. The van der Waals surface area contributed by atoms with Gasteiger partial charge in [0.15, 0.2) is 16.7 Å². The van der Waals surface area contributed by atoms with Gasteiger partial charge < -0.3 is 24.5 Å². The fraction of sp³-hybridized carbons (Fsp3) is 0.208. The number of anilines is 1. The van der Waals surface area contributed by atoms with Gasteiger partial charge in [-0.2, -0.15) is 0 Å². The van der Waals surface area contributed by atoms with Gasteiger partial charge >= 0.3 is 5.69 Å². The van der Waals surface area contributed by atoms with Crippen LogP contribution in [0.5, 0.6) is 17.2 Å². The van der Waals surface area contributed by atoms with Crippen LogP contribution in [-0.4, -0.2) is 56.7 Å². The zero-order chi connectivity index (χ0) is 25.8. The molecule has 5 rings (SSSR count). The average Bonchev–Trinajstić information content (AvgIpc) is 3.29. The molecule has 13 heteroatoms. The predicted molar refractivity (Wildman–Crippen MR) is 135 cm³/mol. The number of carbonyl (C=O) groups excluding carboxylic acids is 1. The predicted octanol–water partition coefficient (Wildman–Crippen LogP) is 1.75. The van der Waals surface area contributed by atoms with Crippen LogP contribution < -0.4 is 30.8 Å². The first-order valence-electron chi connectivity index (χ1n) is 11.2. The van der Waals surface area contributed by atoms with Crippen LogP contribution in [-0.2, 0) is 11.2 Å². The summed E-state index contributed by atoms with van der Waals surface area (Å²) >= 11 is 1.19. The highest BCUT2D eigenvalue weighted by molar-refractivity contribution is 7.99. The molecule has 0 atom stereocenters. The van der Waals surface area contributed by atoms with Crippen molar-refractivity contribution in [1.29, 1.82) is 0 Å². The van der Waals surface area contributed by atoms with E-state index >= 15 is 0 Å². The van der Waals surface area contributed by atoms with Crippen molar-refractivity contribution in [2.45, 2.75) is 11.6 Å². The number of fused-ring (bicyclic) bond motifs is 1. The molecule has 0 radical (unpaired) electrons. The lowest BCUT2D eigenvalue weighted by atomic mass is 10.2. The Hall–Kier alpha value is -4.52. The van der Waals surface area contributed by atoms with Crippen LogP contribution in [0.2, 0.25) is 0 Å². The van der Waals surface area contributed by atoms with E-state index in [4.69, 9.17) is 14.2 Å². The third-order valence-corrected chi connectivity index (χ3v) is 6.26. The minimum atomic E-state index is -0.611. The number of aromatic nitrogens is 5. The average molecular weight is 523 g/mol. The lowest BCUT2D eigenvalue weighted by molar-refractivity contribution is -0.113. The van der Waals surface area contributed by atoms with Gasteiger partial charge in [0.1, 0.15) is 24.8 Å². The van der Waals surface area contributed by atoms with Crippen LogP contribution in [0, 0.1) is 0 Å². The van der Waals surface area contributed by atoms with E-state index in [-0.39, 0.29) is 18.1 Å². The fourth-order valence-electron chi connectivity index (χ4n) is 3.75. The minimum absolute atomic E-state index is 0.0540. The highest BCUT2D eigenvalue weighted by Crippen LogP contribution is 2.33. The molecule has 0 aliphatic carbocycles. The van der Waals surface area contributed by atoms with Gasteiger partial charge in [-0.3, -0.25) is 19.1 Å². The molecule has 1 amide bonds. The number of aromatic amines is 2. The molecular formula is C24H22N6O6S. The highest BCUT2D eigenvalue weighted by atomic mass is 32.2. The van der Waals surface area contributed by atoms with Gasteiger partial charge in [-0.05, 0) is 24.3 Å². The number of H-pyrrole nitrogens is 2. The number of benzene rings is 2. The van der Waals surface area contributed by atoms with Crippen LogP contribution in [0.15, 0.2) is 63.3 Å². The summed E-state index contributed by atoms with van der Waals surface area (Å²) in [7, 11) is 1.56. The normalized spacial score (nSPS) is 12.2. The number of thioether (sulfide) groups is 1. The Balaban J connectivity index is 1.37. The van der Waals surface area contributed by atoms with Gasteiger partial charge in [-0.25, -0.2) is 4.79 Å². The lowest BCUT2D eigenvalue weighted by Gasteiger charge is -2.19. The van der Waals surface area contributed by atoms with Crippen LogP contribution in [0.3, 0.4) is 0 Å². The number of hydrogen-bond acceptors (Lipinski definition) is 9. The van der Waals surface area contributed by atoms with Gasteiger partial charge in [-0.15, -0.1) is 10.2 Å². The van der Waals surface area contributed by atoms with Gasteiger partial charge in [-0.1, -0.05) is 17.8 Å². The standard InChI is InChI=1S/C24H22N6O6S/c1-34-17-4-2-3-16(12-17)30-20(10-15-11-21(31)27-23(33)26-15)28-29-24(30)37-13-22(32)25-14-5-6-18-19(9-14)36-8-7-35-18/h2-6,9,11-12H,7-8,10,13H2,1H3,(H,25,32)(H2,26,27,31,33). The summed E-state index contributed by atoms with van der Waals surface area (Å²) in [6, 6.07) is 13.8. The van der Waals surface area contributed by atoms with Crippen molar-refractivity contribution in [2.75, 3.05) is 31.4 Å². The minimum Gasteiger partial charge on any atom is -0.497 e. The van der Waals surface area contributed by atoms with Crippen molar-refractivity contribution in [1.82, 2.24) is 24.7 Å². The number of ether oxygens (including phenoxy) is 3. The SMILES string of the molecule is COc1cccc(-n2c(Cc3cc(=O)[nH]c(=O)[nH]3)nnc2SCC(=O)Nc2ccc3c(c2)OCCO3)c1. The Morgan fingerprint density at radius 3 is 2.73 bits per heavy atom. The first-order chi connectivity index (χ1) is 18.0. The first kappa shape index (κ1) is 24.2. The summed E-state index contributed by atoms with van der Waals surface area (Å²) in [6.45, 7) is 0.940. The van der Waals surface area contributed by atoms with E-state index in [0.717, 1.165) is 0 Å². The summed E-state index contributed by atoms with van der Waals surface area (Å²) in [4.78, 5) is 40.9. The Labute approximate surface area is 214 Å². The van der Waals surface area contributed by atoms with Crippen molar-refractivity contribution in [2.24, 2.45) is 0 Å². The third-order valence-electron chi connectivity index (χ3n) is 5.33. The molecule has 4 aromatic rings. The summed E-state index contributed by atoms with van der Waals surface area (Å²) in [6.07, 6.45) is 0.132. The van der Waals surface area contributed by atoms with Gasteiger partial charge in [0.05, 0.1) is 18.6 Å². The van der Waals surface area contributed by atoms with E-state index in [2.05, 4.69) is 25.5 Å². The number of nitrogens with one attached hydrogen (secondary N) is 3. The summed E-state index contributed by atoms with van der Waals surface area (Å²) in [5, 5.41) is 11.8. The molecule has 0 saturated heterocycles. The maximum atomic E-state index is 12.7. The number of carbonyl (C=O) groups is 1. The molecule has 0 saturated carbocycles. The van der Waals surface area contributed by atoms with Crippen molar-refractivity contribution >= 4 is 23.4 Å².